The van der Waals surface area contributed by atoms with Crippen LogP contribution in [-0.4, -0.2) is 29.4 Å². The highest BCUT2D eigenvalue weighted by Crippen LogP contribution is 2.30. The zero-order valence-electron chi connectivity index (χ0n) is 14.7. The average molecular weight is 335 g/mol. The standard InChI is InChI=1S/C20H32O4/c1-2-3-11-15-18-20(24-18)17(21)14-12-9-7-5-4-6-8-10-13-16-19(22)23/h5-8,12,14,17-18,20-21H,2-4,9-11,13,15-16H2,1H3,(H,22,23)/p-1/b7-5-,8-6-,14-12-. The van der Waals surface area contributed by atoms with E-state index in [1.54, 1.807) is 0 Å². The lowest BCUT2D eigenvalue weighted by Gasteiger charge is -2.00. The SMILES string of the molecule is CCCCCC1OC1C(O)/C=C\C/C=C\C/C=C\CCCC(=O)[O-]. The number of carbonyl (C=O) groups is 1. The van der Waals surface area contributed by atoms with E-state index < -0.39 is 12.1 Å². The number of carboxylic acids is 1. The number of aliphatic hydroxyl groups excluding tert-OH is 1. The number of epoxide rings is 1. The first-order valence-corrected chi connectivity index (χ1v) is 9.15. The summed E-state index contributed by atoms with van der Waals surface area (Å²) in [7, 11) is 0. The molecule has 3 unspecified atom stereocenters. The molecule has 1 heterocycles. The molecule has 1 fully saturated rings. The molecule has 1 rings (SSSR count). The first-order valence-electron chi connectivity index (χ1n) is 9.15. The van der Waals surface area contributed by atoms with Crippen LogP contribution in [0.3, 0.4) is 0 Å². The minimum atomic E-state index is -0.985. The first kappa shape index (κ1) is 20.7. The summed E-state index contributed by atoms with van der Waals surface area (Å²) in [4.78, 5) is 10.2. The van der Waals surface area contributed by atoms with Gasteiger partial charge in [-0.25, -0.2) is 0 Å². The second kappa shape index (κ2) is 13.0. The average Bonchev–Trinajstić information content (AvgIpc) is 3.32. The summed E-state index contributed by atoms with van der Waals surface area (Å²) in [6.07, 6.45) is 19.5. The van der Waals surface area contributed by atoms with Gasteiger partial charge in [-0.1, -0.05) is 62.6 Å². The highest BCUT2D eigenvalue weighted by atomic mass is 16.6. The van der Waals surface area contributed by atoms with E-state index in [2.05, 4.69) is 19.1 Å². The molecule has 24 heavy (non-hydrogen) atoms. The maximum absolute atomic E-state index is 10.2. The van der Waals surface area contributed by atoms with E-state index in [0.717, 1.165) is 25.7 Å². The van der Waals surface area contributed by atoms with Crippen molar-refractivity contribution in [3.63, 3.8) is 0 Å². The maximum Gasteiger partial charge on any atom is 0.114 e. The van der Waals surface area contributed by atoms with Gasteiger partial charge in [0.1, 0.15) is 12.2 Å². The lowest BCUT2D eigenvalue weighted by atomic mass is 10.1. The summed E-state index contributed by atoms with van der Waals surface area (Å²) in [6.45, 7) is 2.18. The van der Waals surface area contributed by atoms with Gasteiger partial charge in [-0.2, -0.15) is 0 Å². The minimum absolute atomic E-state index is 0.00831. The van der Waals surface area contributed by atoms with Gasteiger partial charge in [0.2, 0.25) is 0 Å². The van der Waals surface area contributed by atoms with E-state index in [9.17, 15) is 15.0 Å². The number of unbranched alkanes of at least 4 members (excludes halogenated alkanes) is 3. The van der Waals surface area contributed by atoms with Crippen molar-refractivity contribution in [1.29, 1.82) is 0 Å². The summed E-state index contributed by atoms with van der Waals surface area (Å²) in [6, 6.07) is 0. The van der Waals surface area contributed by atoms with Crippen molar-refractivity contribution in [1.82, 2.24) is 0 Å². The molecule has 1 aliphatic heterocycles. The normalized spacial score (nSPS) is 21.9. The number of hydrogen-bond acceptors (Lipinski definition) is 4. The van der Waals surface area contributed by atoms with Crippen LogP contribution in [0.1, 0.15) is 64.7 Å². The number of carboxylic acid groups (broad SMARTS) is 1. The Kier molecular flexibility index (Phi) is 11.2. The third-order valence-electron chi connectivity index (χ3n) is 4.01. The zero-order valence-corrected chi connectivity index (χ0v) is 14.7. The van der Waals surface area contributed by atoms with Crippen LogP contribution >= 0.6 is 0 Å². The van der Waals surface area contributed by atoms with Crippen LogP contribution in [0, 0.1) is 0 Å². The van der Waals surface area contributed by atoms with Crippen LogP contribution in [0.2, 0.25) is 0 Å². The number of ether oxygens (including phenoxy) is 1. The summed E-state index contributed by atoms with van der Waals surface area (Å²) in [5.74, 6) is -0.985. The predicted octanol–water partition coefficient (Wildman–Crippen LogP) is 3.06. The molecule has 0 aliphatic carbocycles. The van der Waals surface area contributed by atoms with Crippen LogP contribution in [-0.2, 0) is 9.53 Å². The molecule has 0 aromatic carbocycles. The summed E-state index contributed by atoms with van der Waals surface area (Å²) in [5.41, 5.74) is 0. The summed E-state index contributed by atoms with van der Waals surface area (Å²) < 4.78 is 5.51. The predicted molar refractivity (Wildman–Crippen MR) is 94.3 cm³/mol. The molecule has 0 aromatic heterocycles. The molecule has 136 valence electrons. The summed E-state index contributed by atoms with van der Waals surface area (Å²) in [5, 5.41) is 20.2. The molecule has 1 saturated heterocycles. The zero-order chi connectivity index (χ0) is 17.6. The number of hydrogen-bond donors (Lipinski definition) is 1. The lowest BCUT2D eigenvalue weighted by molar-refractivity contribution is -0.305. The topological polar surface area (TPSA) is 72.9 Å². The quantitative estimate of drug-likeness (QED) is 0.301. The van der Waals surface area contributed by atoms with Gasteiger partial charge in [-0.05, 0) is 38.5 Å². The van der Waals surface area contributed by atoms with Crippen LogP contribution in [0.25, 0.3) is 0 Å². The highest BCUT2D eigenvalue weighted by molar-refractivity contribution is 5.64. The first-order chi connectivity index (χ1) is 11.6. The Labute approximate surface area is 145 Å². The third kappa shape index (κ3) is 10.4. The van der Waals surface area contributed by atoms with Crippen molar-refractivity contribution < 1.29 is 19.7 Å². The van der Waals surface area contributed by atoms with Gasteiger partial charge in [-0.3, -0.25) is 0 Å². The lowest BCUT2D eigenvalue weighted by Crippen LogP contribution is -2.21. The van der Waals surface area contributed by atoms with Crippen LogP contribution in [0.5, 0.6) is 0 Å². The fourth-order valence-corrected chi connectivity index (χ4v) is 2.54. The number of rotatable bonds is 14. The smallest absolute Gasteiger partial charge is 0.114 e. The minimum Gasteiger partial charge on any atom is -0.550 e. The van der Waals surface area contributed by atoms with Gasteiger partial charge in [0.15, 0.2) is 0 Å². The second-order valence-corrected chi connectivity index (χ2v) is 6.23. The fraction of sp³-hybridized carbons (Fsp3) is 0.650. The Hall–Kier alpha value is -1.39. The van der Waals surface area contributed by atoms with Gasteiger partial charge in [0.05, 0.1) is 6.10 Å². The number of aliphatic hydroxyl groups is 1. The molecule has 0 amide bonds. The Bertz CT molecular complexity index is 425. The molecule has 4 heteroatoms. The highest BCUT2D eigenvalue weighted by Gasteiger charge is 2.42. The van der Waals surface area contributed by atoms with E-state index in [-0.39, 0.29) is 18.6 Å². The van der Waals surface area contributed by atoms with Crippen LogP contribution in [0.4, 0.5) is 0 Å². The van der Waals surface area contributed by atoms with Gasteiger partial charge in [0, 0.05) is 5.97 Å². The van der Waals surface area contributed by atoms with E-state index in [4.69, 9.17) is 4.74 Å². The second-order valence-electron chi connectivity index (χ2n) is 6.23. The Balaban J connectivity index is 2.00. The molecule has 4 nitrogen and oxygen atoms in total. The van der Waals surface area contributed by atoms with Crippen LogP contribution in [0.15, 0.2) is 36.5 Å². The van der Waals surface area contributed by atoms with E-state index >= 15 is 0 Å². The molecule has 0 spiro atoms. The van der Waals surface area contributed by atoms with Crippen LogP contribution < -0.4 is 5.11 Å². The fourth-order valence-electron chi connectivity index (χ4n) is 2.54. The largest absolute Gasteiger partial charge is 0.550 e. The van der Waals surface area contributed by atoms with Crippen molar-refractivity contribution in [2.45, 2.75) is 83.0 Å². The van der Waals surface area contributed by atoms with Gasteiger partial charge < -0.3 is 19.7 Å². The maximum atomic E-state index is 10.2. The van der Waals surface area contributed by atoms with E-state index in [1.807, 2.05) is 24.3 Å². The molecule has 0 aromatic rings. The molecule has 3 atom stereocenters. The monoisotopic (exact) mass is 335 g/mol. The molecule has 1 N–H and O–H groups in total. The molecular formula is C20H31O4-. The van der Waals surface area contributed by atoms with Crippen molar-refractivity contribution in [3.8, 4) is 0 Å². The van der Waals surface area contributed by atoms with Crippen molar-refractivity contribution in [2.75, 3.05) is 0 Å². The van der Waals surface area contributed by atoms with Crippen molar-refractivity contribution in [3.05, 3.63) is 36.5 Å². The Morgan fingerprint density at radius 1 is 1.12 bits per heavy atom. The Morgan fingerprint density at radius 3 is 2.54 bits per heavy atom. The van der Waals surface area contributed by atoms with Crippen molar-refractivity contribution in [2.24, 2.45) is 0 Å². The number of allylic oxidation sites excluding steroid dienone is 5. The molecule has 0 radical (unpaired) electrons. The van der Waals surface area contributed by atoms with Gasteiger partial charge in [0.25, 0.3) is 0 Å². The van der Waals surface area contributed by atoms with Gasteiger partial charge >= 0.3 is 0 Å². The molecule has 0 bridgehead atoms. The van der Waals surface area contributed by atoms with E-state index in [1.165, 1.54) is 19.3 Å². The number of aliphatic carboxylic acids is 1. The van der Waals surface area contributed by atoms with E-state index in [0.29, 0.717) is 6.42 Å². The summed E-state index contributed by atoms with van der Waals surface area (Å²) >= 11 is 0. The molecule has 0 saturated carbocycles. The third-order valence-corrected chi connectivity index (χ3v) is 4.01. The van der Waals surface area contributed by atoms with Gasteiger partial charge in [-0.15, -0.1) is 0 Å². The van der Waals surface area contributed by atoms with Crippen molar-refractivity contribution >= 4 is 5.97 Å². The molecular weight excluding hydrogens is 304 g/mol. The molecule has 1 aliphatic rings. The Morgan fingerprint density at radius 2 is 1.83 bits per heavy atom. The number of carbonyl (C=O) groups excluding carboxylic acids is 1.